The molecule has 0 radical (unpaired) electrons. The third-order valence-corrected chi connectivity index (χ3v) is 3.38. The zero-order valence-electron chi connectivity index (χ0n) is 10.8. The molecular weight excluding hydrogens is 266 g/mol. The molecule has 7 heteroatoms. The second kappa shape index (κ2) is 4.70. The van der Waals surface area contributed by atoms with Crippen LogP contribution < -0.4 is 0 Å². The molecule has 0 fully saturated rings. The number of rotatable bonds is 4. The number of halogens is 1. The van der Waals surface area contributed by atoms with Crippen molar-refractivity contribution in [1.82, 2.24) is 24.5 Å². The van der Waals surface area contributed by atoms with E-state index in [1.165, 1.54) is 0 Å². The van der Waals surface area contributed by atoms with Gasteiger partial charge in [-0.25, -0.2) is 4.98 Å². The van der Waals surface area contributed by atoms with Crippen LogP contribution >= 0.6 is 11.6 Å². The fourth-order valence-corrected chi connectivity index (χ4v) is 2.48. The lowest BCUT2D eigenvalue weighted by Crippen LogP contribution is -2.07. The maximum atomic E-state index is 5.99. The molecule has 0 amide bonds. The Kier molecular flexibility index (Phi) is 3.02. The normalized spacial score (nSPS) is 11.5. The number of alkyl halides is 1. The van der Waals surface area contributed by atoms with Crippen LogP contribution in [-0.4, -0.2) is 24.5 Å². The van der Waals surface area contributed by atoms with Crippen molar-refractivity contribution in [2.75, 3.05) is 0 Å². The summed E-state index contributed by atoms with van der Waals surface area (Å²) in [5, 5.41) is 8.41. The Hall–Kier alpha value is -1.82. The van der Waals surface area contributed by atoms with Gasteiger partial charge < -0.3 is 9.09 Å². The number of hydrogen-bond donors (Lipinski definition) is 0. The first-order valence-electron chi connectivity index (χ1n) is 6.10. The Morgan fingerprint density at radius 2 is 2.26 bits per heavy atom. The molecular formula is C12H14ClN5O. The van der Waals surface area contributed by atoms with Crippen LogP contribution in [0, 0.1) is 0 Å². The van der Waals surface area contributed by atoms with Crippen molar-refractivity contribution < 1.29 is 4.52 Å². The molecule has 3 rings (SSSR count). The molecule has 100 valence electrons. The molecule has 6 nitrogen and oxygen atoms in total. The van der Waals surface area contributed by atoms with Gasteiger partial charge in [-0.15, -0.1) is 11.6 Å². The van der Waals surface area contributed by atoms with E-state index in [2.05, 4.69) is 22.2 Å². The van der Waals surface area contributed by atoms with Gasteiger partial charge in [0.1, 0.15) is 23.3 Å². The van der Waals surface area contributed by atoms with E-state index in [4.69, 9.17) is 16.1 Å². The molecule has 0 saturated heterocycles. The van der Waals surface area contributed by atoms with Gasteiger partial charge in [0.15, 0.2) is 5.65 Å². The average Bonchev–Trinajstić information content (AvgIpc) is 3.09. The van der Waals surface area contributed by atoms with E-state index in [-0.39, 0.29) is 0 Å². The Morgan fingerprint density at radius 3 is 2.89 bits per heavy atom. The van der Waals surface area contributed by atoms with Gasteiger partial charge >= 0.3 is 0 Å². The lowest BCUT2D eigenvalue weighted by molar-refractivity contribution is 0.409. The van der Waals surface area contributed by atoms with Crippen LogP contribution in [0.1, 0.15) is 24.1 Å². The van der Waals surface area contributed by atoms with Crippen molar-refractivity contribution in [2.24, 2.45) is 7.05 Å². The summed E-state index contributed by atoms with van der Waals surface area (Å²) in [4.78, 5) is 4.59. The van der Waals surface area contributed by atoms with Gasteiger partial charge in [-0.1, -0.05) is 12.1 Å². The average molecular weight is 280 g/mol. The van der Waals surface area contributed by atoms with Gasteiger partial charge in [0.2, 0.25) is 0 Å². The fourth-order valence-electron chi connectivity index (χ4n) is 2.27. The molecule has 0 aliphatic heterocycles. The second-order valence-corrected chi connectivity index (χ2v) is 4.60. The zero-order valence-corrected chi connectivity index (χ0v) is 11.6. The van der Waals surface area contributed by atoms with E-state index in [0.29, 0.717) is 12.4 Å². The van der Waals surface area contributed by atoms with E-state index in [1.54, 1.807) is 6.26 Å². The predicted molar refractivity (Wildman–Crippen MR) is 71.0 cm³/mol. The van der Waals surface area contributed by atoms with E-state index < -0.39 is 0 Å². The highest BCUT2D eigenvalue weighted by Crippen LogP contribution is 2.22. The third kappa shape index (κ3) is 1.92. The first-order valence-corrected chi connectivity index (χ1v) is 6.64. The van der Waals surface area contributed by atoms with Gasteiger partial charge in [-0.3, -0.25) is 4.68 Å². The minimum absolute atomic E-state index is 0.357. The van der Waals surface area contributed by atoms with Crippen molar-refractivity contribution in [3.63, 3.8) is 0 Å². The molecule has 3 heterocycles. The standard InChI is InChI=1S/C12H14ClN5O/c1-3-9-11-12(17(2)15-9)18(10(6-13)14-11)7-8-4-5-19-16-8/h4-5H,3,6-7H2,1-2H3. The molecule has 0 N–H and O–H groups in total. The Labute approximate surface area is 115 Å². The van der Waals surface area contributed by atoms with Crippen LogP contribution in [-0.2, 0) is 25.9 Å². The summed E-state index contributed by atoms with van der Waals surface area (Å²) in [6.07, 6.45) is 2.41. The number of fused-ring (bicyclic) bond motifs is 1. The summed E-state index contributed by atoms with van der Waals surface area (Å²) in [6, 6.07) is 1.83. The smallest absolute Gasteiger partial charge is 0.159 e. The third-order valence-electron chi connectivity index (χ3n) is 3.14. The quantitative estimate of drug-likeness (QED) is 0.686. The number of nitrogens with zero attached hydrogens (tertiary/aromatic N) is 5. The number of hydrogen-bond acceptors (Lipinski definition) is 4. The first-order chi connectivity index (χ1) is 9.24. The molecule has 3 aromatic heterocycles. The minimum atomic E-state index is 0.357. The van der Waals surface area contributed by atoms with Gasteiger partial charge in [0.05, 0.1) is 18.1 Å². The Balaban J connectivity index is 2.17. The summed E-state index contributed by atoms with van der Waals surface area (Å²) >= 11 is 5.99. The van der Waals surface area contributed by atoms with Crippen molar-refractivity contribution in [2.45, 2.75) is 25.8 Å². The molecule has 0 spiro atoms. The van der Waals surface area contributed by atoms with E-state index >= 15 is 0 Å². The highest BCUT2D eigenvalue weighted by Gasteiger charge is 2.18. The van der Waals surface area contributed by atoms with Gasteiger partial charge in [0, 0.05) is 13.1 Å². The largest absolute Gasteiger partial charge is 0.364 e. The highest BCUT2D eigenvalue weighted by molar-refractivity contribution is 6.16. The molecule has 0 aromatic carbocycles. The van der Waals surface area contributed by atoms with Crippen LogP contribution in [0.3, 0.4) is 0 Å². The maximum Gasteiger partial charge on any atom is 0.159 e. The van der Waals surface area contributed by atoms with Crippen LogP contribution in [0.2, 0.25) is 0 Å². The molecule has 3 aromatic rings. The SMILES string of the molecule is CCc1nn(C)c2c1nc(CCl)n2Cc1ccon1. The van der Waals surface area contributed by atoms with Crippen molar-refractivity contribution in [1.29, 1.82) is 0 Å². The van der Waals surface area contributed by atoms with Gasteiger partial charge in [-0.05, 0) is 6.42 Å². The first kappa shape index (κ1) is 12.2. The zero-order chi connectivity index (χ0) is 13.4. The molecule has 0 saturated carbocycles. The van der Waals surface area contributed by atoms with Crippen LogP contribution in [0.25, 0.3) is 11.2 Å². The number of aryl methyl sites for hydroxylation is 2. The number of imidazole rings is 1. The molecule has 0 unspecified atom stereocenters. The topological polar surface area (TPSA) is 61.7 Å². The van der Waals surface area contributed by atoms with Gasteiger partial charge in [-0.2, -0.15) is 5.10 Å². The molecule has 0 aliphatic rings. The maximum absolute atomic E-state index is 5.99. The lowest BCUT2D eigenvalue weighted by atomic mass is 10.3. The van der Waals surface area contributed by atoms with Crippen molar-refractivity contribution in [3.8, 4) is 0 Å². The van der Waals surface area contributed by atoms with E-state index in [0.717, 1.165) is 34.8 Å². The van der Waals surface area contributed by atoms with Gasteiger partial charge in [0.25, 0.3) is 0 Å². The van der Waals surface area contributed by atoms with Crippen LogP contribution in [0.5, 0.6) is 0 Å². The van der Waals surface area contributed by atoms with Crippen LogP contribution in [0.4, 0.5) is 0 Å². The predicted octanol–water partition coefficient (Wildman–Crippen LogP) is 2.11. The summed E-state index contributed by atoms with van der Waals surface area (Å²) < 4.78 is 8.74. The molecule has 0 aliphatic carbocycles. The van der Waals surface area contributed by atoms with E-state index in [9.17, 15) is 0 Å². The highest BCUT2D eigenvalue weighted by atomic mass is 35.5. The molecule has 0 atom stereocenters. The molecule has 19 heavy (non-hydrogen) atoms. The van der Waals surface area contributed by atoms with E-state index in [1.807, 2.05) is 22.4 Å². The minimum Gasteiger partial charge on any atom is -0.364 e. The lowest BCUT2D eigenvalue weighted by Gasteiger charge is -2.05. The van der Waals surface area contributed by atoms with Crippen molar-refractivity contribution >= 4 is 22.8 Å². The van der Waals surface area contributed by atoms with Crippen LogP contribution in [0.15, 0.2) is 16.9 Å². The summed E-state index contributed by atoms with van der Waals surface area (Å²) in [5.74, 6) is 1.18. The number of aromatic nitrogens is 5. The molecule has 0 bridgehead atoms. The summed E-state index contributed by atoms with van der Waals surface area (Å²) in [5.41, 5.74) is 3.72. The Morgan fingerprint density at radius 1 is 1.42 bits per heavy atom. The van der Waals surface area contributed by atoms with Crippen molar-refractivity contribution in [3.05, 3.63) is 29.5 Å². The second-order valence-electron chi connectivity index (χ2n) is 4.33. The fraction of sp³-hybridized carbons (Fsp3) is 0.417. The monoisotopic (exact) mass is 279 g/mol. The Bertz CT molecular complexity index is 697. The summed E-state index contributed by atoms with van der Waals surface area (Å²) in [6.45, 7) is 2.65. The summed E-state index contributed by atoms with van der Waals surface area (Å²) in [7, 11) is 1.92.